The first kappa shape index (κ1) is 13.7. The van der Waals surface area contributed by atoms with Crippen LogP contribution in [0.5, 0.6) is 0 Å². The molecule has 0 atom stereocenters. The van der Waals surface area contributed by atoms with Gasteiger partial charge in [0.05, 0.1) is 12.2 Å². The maximum Gasteiger partial charge on any atom is 0.141 e. The summed E-state index contributed by atoms with van der Waals surface area (Å²) in [6.45, 7) is 7.82. The van der Waals surface area contributed by atoms with E-state index in [2.05, 4.69) is 47.2 Å². The molecule has 0 unspecified atom stereocenters. The van der Waals surface area contributed by atoms with E-state index in [4.69, 9.17) is 0 Å². The van der Waals surface area contributed by atoms with E-state index in [-0.39, 0.29) is 0 Å². The Kier molecular flexibility index (Phi) is 4.63. The van der Waals surface area contributed by atoms with Crippen LogP contribution < -0.4 is 5.32 Å². The molecule has 1 N–H and O–H groups in total. The van der Waals surface area contributed by atoms with Gasteiger partial charge in [0.1, 0.15) is 12.2 Å². The number of aromatic nitrogens is 4. The Labute approximate surface area is 114 Å². The fourth-order valence-electron chi connectivity index (χ4n) is 2.08. The summed E-state index contributed by atoms with van der Waals surface area (Å²) in [5.74, 6) is 0.962. The molecule has 0 fully saturated rings. The van der Waals surface area contributed by atoms with Gasteiger partial charge in [0.2, 0.25) is 0 Å². The summed E-state index contributed by atoms with van der Waals surface area (Å²) in [6, 6.07) is 4.44. The van der Waals surface area contributed by atoms with Crippen molar-refractivity contribution >= 4 is 0 Å². The third-order valence-electron chi connectivity index (χ3n) is 3.08. The Bertz CT molecular complexity index is 518. The van der Waals surface area contributed by atoms with Gasteiger partial charge in [-0.3, -0.25) is 4.98 Å². The first-order valence-corrected chi connectivity index (χ1v) is 6.74. The fourth-order valence-corrected chi connectivity index (χ4v) is 2.08. The number of nitrogens with zero attached hydrogens (tertiary/aromatic N) is 4. The van der Waals surface area contributed by atoms with Crippen LogP contribution in [-0.4, -0.2) is 19.7 Å². The Balaban J connectivity index is 1.95. The zero-order chi connectivity index (χ0) is 13.7. The number of hydrogen-bond donors (Lipinski definition) is 1. The van der Waals surface area contributed by atoms with Gasteiger partial charge in [-0.15, -0.1) is 0 Å². The maximum atomic E-state index is 4.42. The molecule has 0 bridgehead atoms. The summed E-state index contributed by atoms with van der Waals surface area (Å²) >= 11 is 0. The van der Waals surface area contributed by atoms with Gasteiger partial charge in [-0.25, -0.2) is 9.67 Å². The number of aryl methyl sites for hydroxylation is 1. The standard InChI is InChI=1S/C14H21N5/c1-4-12-6-5-7-16-13(12)8-15-9-14-17-10-18-19(14)11(2)3/h5-7,10-11,15H,4,8-9H2,1-3H3. The second kappa shape index (κ2) is 6.43. The summed E-state index contributed by atoms with van der Waals surface area (Å²) in [5.41, 5.74) is 2.40. The normalized spacial score (nSPS) is 11.2. The predicted octanol–water partition coefficient (Wildman–Crippen LogP) is 2.11. The Morgan fingerprint density at radius 3 is 2.84 bits per heavy atom. The lowest BCUT2D eigenvalue weighted by molar-refractivity contribution is 0.489. The summed E-state index contributed by atoms with van der Waals surface area (Å²) in [4.78, 5) is 8.70. The van der Waals surface area contributed by atoms with E-state index in [0.29, 0.717) is 12.6 Å². The van der Waals surface area contributed by atoms with Crippen LogP contribution in [-0.2, 0) is 19.5 Å². The molecule has 2 aromatic heterocycles. The molecule has 2 heterocycles. The molecule has 0 radical (unpaired) electrons. The summed E-state index contributed by atoms with van der Waals surface area (Å²) in [6.07, 6.45) is 4.45. The average Bonchev–Trinajstić information content (AvgIpc) is 2.88. The van der Waals surface area contributed by atoms with Crippen molar-refractivity contribution < 1.29 is 0 Å². The van der Waals surface area contributed by atoms with E-state index >= 15 is 0 Å². The molecule has 0 saturated heterocycles. The molecule has 5 nitrogen and oxygen atoms in total. The van der Waals surface area contributed by atoms with Crippen LogP contribution in [0.25, 0.3) is 0 Å². The topological polar surface area (TPSA) is 55.6 Å². The van der Waals surface area contributed by atoms with Gasteiger partial charge in [0, 0.05) is 18.8 Å². The van der Waals surface area contributed by atoms with Crippen molar-refractivity contribution in [3.63, 3.8) is 0 Å². The van der Waals surface area contributed by atoms with E-state index in [9.17, 15) is 0 Å². The summed E-state index contributed by atoms with van der Waals surface area (Å²) in [5, 5.41) is 7.61. The molecular weight excluding hydrogens is 238 g/mol. The second-order valence-electron chi connectivity index (χ2n) is 4.78. The van der Waals surface area contributed by atoms with Gasteiger partial charge in [0.25, 0.3) is 0 Å². The fraction of sp³-hybridized carbons (Fsp3) is 0.500. The van der Waals surface area contributed by atoms with E-state index < -0.39 is 0 Å². The zero-order valence-electron chi connectivity index (χ0n) is 11.8. The third kappa shape index (κ3) is 3.38. The highest BCUT2D eigenvalue weighted by Gasteiger charge is 2.07. The number of rotatable bonds is 6. The second-order valence-corrected chi connectivity index (χ2v) is 4.78. The van der Waals surface area contributed by atoms with Crippen LogP contribution in [0.4, 0.5) is 0 Å². The van der Waals surface area contributed by atoms with Crippen molar-refractivity contribution in [3.8, 4) is 0 Å². The van der Waals surface area contributed by atoms with Crippen molar-refractivity contribution in [3.05, 3.63) is 41.7 Å². The average molecular weight is 259 g/mol. The molecule has 2 rings (SSSR count). The molecule has 0 spiro atoms. The molecule has 0 aliphatic carbocycles. The number of pyridine rings is 1. The largest absolute Gasteiger partial charge is 0.304 e. The Morgan fingerprint density at radius 1 is 1.26 bits per heavy atom. The van der Waals surface area contributed by atoms with E-state index in [1.54, 1.807) is 6.33 Å². The predicted molar refractivity (Wildman–Crippen MR) is 74.6 cm³/mol. The van der Waals surface area contributed by atoms with Crippen LogP contribution in [0.2, 0.25) is 0 Å². The van der Waals surface area contributed by atoms with E-state index in [1.807, 2.05) is 16.9 Å². The maximum absolute atomic E-state index is 4.42. The van der Waals surface area contributed by atoms with Gasteiger partial charge in [0.15, 0.2) is 0 Å². The highest BCUT2D eigenvalue weighted by atomic mass is 15.3. The monoisotopic (exact) mass is 259 g/mol. The molecular formula is C14H21N5. The SMILES string of the molecule is CCc1cccnc1CNCc1ncnn1C(C)C. The molecule has 5 heteroatoms. The van der Waals surface area contributed by atoms with Crippen molar-refractivity contribution in [2.75, 3.05) is 0 Å². The van der Waals surface area contributed by atoms with Crippen molar-refractivity contribution in [1.82, 2.24) is 25.1 Å². The smallest absolute Gasteiger partial charge is 0.141 e. The third-order valence-corrected chi connectivity index (χ3v) is 3.08. The minimum Gasteiger partial charge on any atom is -0.304 e. The van der Waals surface area contributed by atoms with Crippen LogP contribution in [0.15, 0.2) is 24.7 Å². The van der Waals surface area contributed by atoms with E-state index in [0.717, 1.165) is 24.5 Å². The van der Waals surface area contributed by atoms with E-state index in [1.165, 1.54) is 5.56 Å². The highest BCUT2D eigenvalue weighted by Crippen LogP contribution is 2.07. The lowest BCUT2D eigenvalue weighted by Gasteiger charge is -2.11. The van der Waals surface area contributed by atoms with Gasteiger partial charge >= 0.3 is 0 Å². The van der Waals surface area contributed by atoms with Crippen LogP contribution in [0, 0.1) is 0 Å². The quantitative estimate of drug-likeness (QED) is 0.863. The van der Waals surface area contributed by atoms with Crippen LogP contribution >= 0.6 is 0 Å². The van der Waals surface area contributed by atoms with Gasteiger partial charge in [-0.1, -0.05) is 13.0 Å². The van der Waals surface area contributed by atoms with Crippen molar-refractivity contribution in [2.24, 2.45) is 0 Å². The minimum atomic E-state index is 0.334. The molecule has 0 saturated carbocycles. The van der Waals surface area contributed by atoms with Gasteiger partial charge in [-0.05, 0) is 31.9 Å². The van der Waals surface area contributed by atoms with Gasteiger partial charge < -0.3 is 5.32 Å². The molecule has 0 aromatic carbocycles. The Hall–Kier alpha value is -1.75. The lowest BCUT2D eigenvalue weighted by atomic mass is 10.1. The molecule has 102 valence electrons. The number of hydrogen-bond acceptors (Lipinski definition) is 4. The minimum absolute atomic E-state index is 0.334. The highest BCUT2D eigenvalue weighted by molar-refractivity contribution is 5.19. The summed E-state index contributed by atoms with van der Waals surface area (Å²) in [7, 11) is 0. The summed E-state index contributed by atoms with van der Waals surface area (Å²) < 4.78 is 1.94. The first-order chi connectivity index (χ1) is 9.22. The molecule has 0 aliphatic heterocycles. The first-order valence-electron chi connectivity index (χ1n) is 6.74. The number of nitrogens with one attached hydrogen (secondary N) is 1. The van der Waals surface area contributed by atoms with Crippen molar-refractivity contribution in [1.29, 1.82) is 0 Å². The van der Waals surface area contributed by atoms with Crippen LogP contribution in [0.1, 0.15) is 43.9 Å². The molecule has 0 amide bonds. The lowest BCUT2D eigenvalue weighted by Crippen LogP contribution is -2.19. The molecule has 2 aromatic rings. The van der Waals surface area contributed by atoms with Crippen LogP contribution in [0.3, 0.4) is 0 Å². The Morgan fingerprint density at radius 2 is 2.11 bits per heavy atom. The van der Waals surface area contributed by atoms with Gasteiger partial charge in [-0.2, -0.15) is 5.10 Å². The van der Waals surface area contributed by atoms with Crippen molar-refractivity contribution in [2.45, 2.75) is 46.3 Å². The molecule has 0 aliphatic rings. The molecule has 19 heavy (non-hydrogen) atoms. The zero-order valence-corrected chi connectivity index (χ0v) is 11.8.